The molecule has 6 heteroatoms. The van der Waals surface area contributed by atoms with E-state index in [0.29, 0.717) is 10.9 Å². The zero-order chi connectivity index (χ0) is 18.1. The Hall–Kier alpha value is -3.67. The minimum absolute atomic E-state index is 0.115. The van der Waals surface area contributed by atoms with Crippen LogP contribution >= 0.6 is 0 Å². The van der Waals surface area contributed by atoms with E-state index in [1.165, 1.54) is 12.1 Å². The number of nitrogens with one attached hydrogen (secondary N) is 1. The minimum atomic E-state index is -0.622. The summed E-state index contributed by atoms with van der Waals surface area (Å²) in [6.45, 7) is 3.80. The lowest BCUT2D eigenvalue weighted by molar-refractivity contribution is 0.396. The third-order valence-corrected chi connectivity index (χ3v) is 3.90. The van der Waals surface area contributed by atoms with Crippen molar-refractivity contribution in [1.82, 2.24) is 10.1 Å². The lowest BCUT2D eigenvalue weighted by Crippen LogP contribution is -2.20. The van der Waals surface area contributed by atoms with Crippen LogP contribution in [-0.4, -0.2) is 10.1 Å². The van der Waals surface area contributed by atoms with Crippen molar-refractivity contribution >= 4 is 12.7 Å². The SMILES string of the molecule is C=c1onc(-c2ccccc2)c1=c1[nH]/c(=C\c2ccccc2F)c(=O)o1. The molecule has 0 aliphatic carbocycles. The topological polar surface area (TPSA) is 72.0 Å². The van der Waals surface area contributed by atoms with Crippen LogP contribution in [0.3, 0.4) is 0 Å². The van der Waals surface area contributed by atoms with Crippen LogP contribution in [0.25, 0.3) is 23.9 Å². The molecule has 0 unspecified atom stereocenters. The molecule has 2 heterocycles. The van der Waals surface area contributed by atoms with E-state index in [1.807, 2.05) is 30.3 Å². The van der Waals surface area contributed by atoms with Gasteiger partial charge < -0.3 is 13.9 Å². The smallest absolute Gasteiger partial charge is 0.361 e. The molecule has 0 bridgehead atoms. The zero-order valence-electron chi connectivity index (χ0n) is 13.5. The molecule has 1 N–H and O–H groups in total. The summed E-state index contributed by atoms with van der Waals surface area (Å²) in [4.78, 5) is 15.1. The number of nitrogens with zero attached hydrogens (tertiary/aromatic N) is 1. The first-order valence-corrected chi connectivity index (χ1v) is 7.83. The van der Waals surface area contributed by atoms with Gasteiger partial charge in [-0.05, 0) is 12.1 Å². The van der Waals surface area contributed by atoms with Crippen molar-refractivity contribution in [3.63, 3.8) is 0 Å². The van der Waals surface area contributed by atoms with Crippen molar-refractivity contribution in [2.45, 2.75) is 0 Å². The fourth-order valence-corrected chi connectivity index (χ4v) is 2.65. The molecular formula is C20H13FN2O3. The van der Waals surface area contributed by atoms with Gasteiger partial charge in [0, 0.05) is 11.1 Å². The first kappa shape index (κ1) is 15.8. The van der Waals surface area contributed by atoms with Crippen LogP contribution in [-0.2, 0) is 0 Å². The van der Waals surface area contributed by atoms with Crippen molar-refractivity contribution in [3.8, 4) is 11.3 Å². The highest BCUT2D eigenvalue weighted by Crippen LogP contribution is 2.16. The van der Waals surface area contributed by atoms with Gasteiger partial charge in [0.25, 0.3) is 0 Å². The number of H-pyrrole nitrogens is 1. The second-order valence-electron chi connectivity index (χ2n) is 5.62. The van der Waals surface area contributed by atoms with Crippen LogP contribution in [0.2, 0.25) is 0 Å². The number of rotatable bonds is 2. The molecule has 4 rings (SSSR count). The van der Waals surface area contributed by atoms with E-state index in [9.17, 15) is 9.18 Å². The van der Waals surface area contributed by atoms with Gasteiger partial charge in [0.1, 0.15) is 22.1 Å². The molecule has 0 aliphatic rings. The van der Waals surface area contributed by atoms with Crippen LogP contribution in [0.1, 0.15) is 5.56 Å². The Labute approximate surface area is 146 Å². The number of hydrogen-bond acceptors (Lipinski definition) is 4. The molecule has 0 fully saturated rings. The predicted molar refractivity (Wildman–Crippen MR) is 93.7 cm³/mol. The second kappa shape index (κ2) is 6.33. The summed E-state index contributed by atoms with van der Waals surface area (Å²) in [6.07, 6.45) is 1.39. The average molecular weight is 348 g/mol. The number of aromatic nitrogens is 2. The molecule has 0 atom stereocenters. The van der Waals surface area contributed by atoms with E-state index in [-0.39, 0.29) is 21.9 Å². The summed E-state index contributed by atoms with van der Waals surface area (Å²) >= 11 is 0. The highest BCUT2D eigenvalue weighted by atomic mass is 19.1. The van der Waals surface area contributed by atoms with Crippen molar-refractivity contribution in [2.24, 2.45) is 0 Å². The Bertz CT molecular complexity index is 1330. The standard InChI is InChI=1S/C20H13FN2O3/c1-12-17(18(23-26-12)13-7-3-2-4-8-13)19-22-16(20(24)25-19)11-14-9-5-6-10-15(14)21/h2-11,22H,1H2/b16-11-,19-17?. The Morgan fingerprint density at radius 2 is 1.81 bits per heavy atom. The third-order valence-electron chi connectivity index (χ3n) is 3.90. The fourth-order valence-electron chi connectivity index (χ4n) is 2.65. The first-order chi connectivity index (χ1) is 12.6. The van der Waals surface area contributed by atoms with Gasteiger partial charge in [-0.3, -0.25) is 0 Å². The van der Waals surface area contributed by atoms with E-state index < -0.39 is 11.4 Å². The molecule has 2 aromatic heterocycles. The molecule has 128 valence electrons. The maximum Gasteiger partial charge on any atom is 0.361 e. The quantitative estimate of drug-likeness (QED) is 0.603. The van der Waals surface area contributed by atoms with Gasteiger partial charge in [0.2, 0.25) is 5.55 Å². The maximum absolute atomic E-state index is 13.8. The number of benzene rings is 2. The molecule has 2 aromatic carbocycles. The summed E-state index contributed by atoms with van der Waals surface area (Å²) < 4.78 is 24.3. The van der Waals surface area contributed by atoms with E-state index in [2.05, 4.69) is 16.7 Å². The van der Waals surface area contributed by atoms with Gasteiger partial charge in [0.05, 0.1) is 0 Å². The molecule has 0 saturated carbocycles. The Kier molecular flexibility index (Phi) is 3.85. The summed E-state index contributed by atoms with van der Waals surface area (Å²) in [6, 6.07) is 15.5. The number of hydrogen-bond donors (Lipinski definition) is 1. The largest absolute Gasteiger partial charge is 0.404 e. The molecule has 5 nitrogen and oxygen atoms in total. The molecule has 0 amide bonds. The van der Waals surface area contributed by atoms with Crippen molar-refractivity contribution in [1.29, 1.82) is 0 Å². The summed E-state index contributed by atoms with van der Waals surface area (Å²) in [7, 11) is 0. The fraction of sp³-hybridized carbons (Fsp3) is 0. The molecular weight excluding hydrogens is 335 g/mol. The van der Waals surface area contributed by atoms with Crippen LogP contribution in [0, 0.1) is 16.6 Å². The van der Waals surface area contributed by atoms with Crippen LogP contribution in [0.15, 0.2) is 68.3 Å². The van der Waals surface area contributed by atoms with Gasteiger partial charge in [-0.15, -0.1) is 0 Å². The highest BCUT2D eigenvalue weighted by molar-refractivity contribution is 5.58. The van der Waals surface area contributed by atoms with E-state index in [0.717, 1.165) is 5.56 Å². The highest BCUT2D eigenvalue weighted by Gasteiger charge is 2.10. The van der Waals surface area contributed by atoms with E-state index >= 15 is 0 Å². The normalized spacial score (nSPS) is 13.2. The molecule has 0 radical (unpaired) electrons. The second-order valence-corrected chi connectivity index (χ2v) is 5.62. The van der Waals surface area contributed by atoms with Gasteiger partial charge >= 0.3 is 5.63 Å². The van der Waals surface area contributed by atoms with Gasteiger partial charge in [-0.2, -0.15) is 0 Å². The molecule has 0 saturated heterocycles. The Morgan fingerprint density at radius 3 is 2.58 bits per heavy atom. The maximum atomic E-state index is 13.8. The monoisotopic (exact) mass is 348 g/mol. The van der Waals surface area contributed by atoms with Crippen LogP contribution in [0.5, 0.6) is 0 Å². The van der Waals surface area contributed by atoms with Crippen molar-refractivity contribution < 1.29 is 13.3 Å². The van der Waals surface area contributed by atoms with Crippen LogP contribution < -0.4 is 16.4 Å². The first-order valence-electron chi connectivity index (χ1n) is 7.83. The van der Waals surface area contributed by atoms with E-state index in [4.69, 9.17) is 8.94 Å². The molecule has 0 spiro atoms. The lowest BCUT2D eigenvalue weighted by atomic mass is 10.1. The summed E-state index contributed by atoms with van der Waals surface area (Å²) in [5.74, 6) is -0.434. The lowest BCUT2D eigenvalue weighted by Gasteiger charge is -1.93. The van der Waals surface area contributed by atoms with Crippen molar-refractivity contribution in [2.75, 3.05) is 0 Å². The average Bonchev–Trinajstić information content (AvgIpc) is 3.20. The number of oxazole rings is 1. The number of halogens is 1. The van der Waals surface area contributed by atoms with Crippen LogP contribution in [0.4, 0.5) is 4.39 Å². The summed E-state index contributed by atoms with van der Waals surface area (Å²) in [5, 5.41) is 4.57. The predicted octanol–water partition coefficient (Wildman–Crippen LogP) is 2.29. The molecule has 4 aromatic rings. The molecule has 0 aliphatic heterocycles. The third kappa shape index (κ3) is 2.77. The Morgan fingerprint density at radius 1 is 1.08 bits per heavy atom. The minimum Gasteiger partial charge on any atom is -0.404 e. The number of aromatic amines is 1. The van der Waals surface area contributed by atoms with Crippen molar-refractivity contribution in [3.05, 3.63) is 97.9 Å². The Balaban J connectivity index is 2.03. The molecule has 26 heavy (non-hydrogen) atoms. The summed E-state index contributed by atoms with van der Waals surface area (Å²) in [5.41, 5.74) is 1.35. The van der Waals surface area contributed by atoms with Gasteiger partial charge in [0.15, 0.2) is 5.42 Å². The zero-order valence-corrected chi connectivity index (χ0v) is 13.5. The van der Waals surface area contributed by atoms with Gasteiger partial charge in [-0.25, -0.2) is 9.18 Å². The van der Waals surface area contributed by atoms with Gasteiger partial charge in [-0.1, -0.05) is 60.3 Å². The van der Waals surface area contributed by atoms with E-state index in [1.54, 1.807) is 18.2 Å².